The molecule has 0 aromatic carbocycles. The van der Waals surface area contributed by atoms with Crippen LogP contribution >= 0.6 is 0 Å². The zero-order chi connectivity index (χ0) is 16.0. The fourth-order valence-electron chi connectivity index (χ4n) is 1.17. The van der Waals surface area contributed by atoms with Crippen LogP contribution in [0.1, 0.15) is 12.8 Å². The van der Waals surface area contributed by atoms with Crippen molar-refractivity contribution in [3.63, 3.8) is 0 Å². The molecule has 2 unspecified atom stereocenters. The Morgan fingerprint density at radius 1 is 0.750 bits per heavy atom. The van der Waals surface area contributed by atoms with Crippen LogP contribution < -0.4 is 0 Å². The highest BCUT2D eigenvalue weighted by Gasteiger charge is 2.59. The third kappa shape index (κ3) is 5.71. The van der Waals surface area contributed by atoms with Gasteiger partial charge in [0.15, 0.2) is 11.6 Å². The molecule has 1 saturated carbocycles. The molecule has 1 fully saturated rings. The summed E-state index contributed by atoms with van der Waals surface area (Å²) in [6.07, 6.45) is -1.43. The van der Waals surface area contributed by atoms with E-state index in [1.807, 2.05) is 0 Å². The molecule has 1 aliphatic rings. The van der Waals surface area contributed by atoms with E-state index in [1.165, 1.54) is 0 Å². The Hall–Kier alpha value is -2.78. The maximum atomic E-state index is 10.3. The van der Waals surface area contributed by atoms with Gasteiger partial charge >= 0.3 is 23.9 Å². The second-order valence-corrected chi connectivity index (χ2v) is 3.71. The lowest BCUT2D eigenvalue weighted by Gasteiger charge is -1.89. The molecule has 0 radical (unpaired) electrons. The summed E-state index contributed by atoms with van der Waals surface area (Å²) >= 11 is 0. The molecule has 4 N–H and O–H groups in total. The zero-order valence-electron chi connectivity index (χ0n) is 9.81. The van der Waals surface area contributed by atoms with E-state index in [2.05, 4.69) is 0 Å². The van der Waals surface area contributed by atoms with Crippen molar-refractivity contribution in [3.8, 4) is 0 Å². The Kier molecular flexibility index (Phi) is 6.00. The van der Waals surface area contributed by atoms with Crippen LogP contribution in [-0.2, 0) is 28.8 Å². The Morgan fingerprint density at radius 3 is 1.20 bits per heavy atom. The van der Waals surface area contributed by atoms with Crippen LogP contribution in [0.25, 0.3) is 0 Å². The van der Waals surface area contributed by atoms with Gasteiger partial charge in [-0.1, -0.05) is 0 Å². The van der Waals surface area contributed by atoms with Gasteiger partial charge in [-0.05, 0) is 0 Å². The number of rotatable bonds is 6. The Morgan fingerprint density at radius 2 is 1.05 bits per heavy atom. The number of Topliss-reactive ketones (excluding diaryl/α,β-unsaturated/α-hetero) is 2. The summed E-state index contributed by atoms with van der Waals surface area (Å²) in [5.74, 6) is -9.39. The number of hydrogen-bond acceptors (Lipinski definition) is 6. The van der Waals surface area contributed by atoms with E-state index in [1.54, 1.807) is 0 Å². The van der Waals surface area contributed by atoms with Crippen LogP contribution in [0.15, 0.2) is 0 Å². The van der Waals surface area contributed by atoms with E-state index in [4.69, 9.17) is 20.4 Å². The molecule has 0 aromatic heterocycles. The van der Waals surface area contributed by atoms with Crippen LogP contribution in [-0.4, -0.2) is 55.9 Å². The second-order valence-electron chi connectivity index (χ2n) is 3.71. The van der Waals surface area contributed by atoms with E-state index in [0.29, 0.717) is 0 Å². The number of aliphatic carboxylic acids is 4. The Balaban J connectivity index is 0.000000361. The molecular weight excluding hydrogens is 280 g/mol. The number of carbonyl (C=O) groups is 6. The number of carboxylic acid groups (broad SMARTS) is 4. The van der Waals surface area contributed by atoms with Crippen molar-refractivity contribution in [2.75, 3.05) is 0 Å². The second kappa shape index (κ2) is 6.97. The topological polar surface area (TPSA) is 183 Å². The summed E-state index contributed by atoms with van der Waals surface area (Å²) in [4.78, 5) is 60.2. The normalized spacial score (nSPS) is 19.3. The molecule has 1 rings (SSSR count). The van der Waals surface area contributed by atoms with Crippen molar-refractivity contribution in [3.05, 3.63) is 0 Å². The van der Waals surface area contributed by atoms with Crippen molar-refractivity contribution in [1.82, 2.24) is 0 Å². The molecule has 0 bridgehead atoms. The smallest absolute Gasteiger partial charge is 0.315 e. The minimum atomic E-state index is -1.35. The lowest BCUT2D eigenvalue weighted by atomic mass is 10.2. The third-order valence-electron chi connectivity index (χ3n) is 2.07. The van der Waals surface area contributed by atoms with Crippen LogP contribution in [0.4, 0.5) is 0 Å². The molecule has 0 saturated heterocycles. The highest BCUT2D eigenvalue weighted by molar-refractivity contribution is 6.23. The standard InChI is InChI=1S/C5H4O5.C5H6O5/c6-3-1(4(7)8)2(3)5(9)10;6-3(1-4(7)8)2-5(9)10/h1-2H,(H,7,8)(H,9,10);1-2H2,(H,7,8)(H,9,10). The van der Waals surface area contributed by atoms with E-state index in [-0.39, 0.29) is 0 Å². The van der Waals surface area contributed by atoms with Crippen molar-refractivity contribution >= 4 is 35.4 Å². The molecule has 0 heterocycles. The average molecular weight is 290 g/mol. The van der Waals surface area contributed by atoms with Crippen LogP contribution in [0.5, 0.6) is 0 Å². The first-order chi connectivity index (χ1) is 9.07. The fraction of sp³-hybridized carbons (Fsp3) is 0.400. The van der Waals surface area contributed by atoms with E-state index < -0.39 is 60.1 Å². The van der Waals surface area contributed by atoms with Crippen LogP contribution in [0, 0.1) is 11.8 Å². The van der Waals surface area contributed by atoms with Gasteiger partial charge in [0.1, 0.15) is 24.7 Å². The fourth-order valence-corrected chi connectivity index (χ4v) is 1.17. The van der Waals surface area contributed by atoms with Gasteiger partial charge in [0.2, 0.25) is 0 Å². The number of carbonyl (C=O) groups excluding carboxylic acids is 2. The Labute approximate surface area is 110 Å². The van der Waals surface area contributed by atoms with Crippen molar-refractivity contribution in [1.29, 1.82) is 0 Å². The molecule has 2 atom stereocenters. The molecule has 0 aromatic rings. The maximum absolute atomic E-state index is 10.3. The van der Waals surface area contributed by atoms with Gasteiger partial charge in [0, 0.05) is 0 Å². The molecule has 110 valence electrons. The highest BCUT2D eigenvalue weighted by atomic mass is 16.4. The largest absolute Gasteiger partial charge is 0.481 e. The van der Waals surface area contributed by atoms with Gasteiger partial charge in [-0.15, -0.1) is 0 Å². The van der Waals surface area contributed by atoms with Crippen molar-refractivity contribution < 1.29 is 49.2 Å². The molecule has 0 aliphatic heterocycles. The molecular formula is C10H10O10. The summed E-state index contributed by atoms with van der Waals surface area (Å²) in [6, 6.07) is 0. The molecule has 20 heavy (non-hydrogen) atoms. The highest BCUT2D eigenvalue weighted by Crippen LogP contribution is 2.33. The van der Waals surface area contributed by atoms with E-state index in [9.17, 15) is 28.8 Å². The SMILES string of the molecule is O=C(O)C1C(=O)C1C(=O)O.O=C(O)CC(=O)CC(=O)O. The van der Waals surface area contributed by atoms with Gasteiger partial charge in [0.25, 0.3) is 0 Å². The lowest BCUT2D eigenvalue weighted by molar-refractivity contribution is -0.144. The summed E-state index contributed by atoms with van der Waals surface area (Å²) in [5, 5.41) is 32.3. The maximum Gasteiger partial charge on any atom is 0.315 e. The predicted molar refractivity (Wildman–Crippen MR) is 56.8 cm³/mol. The van der Waals surface area contributed by atoms with Gasteiger partial charge in [-0.25, -0.2) is 0 Å². The van der Waals surface area contributed by atoms with Gasteiger partial charge < -0.3 is 20.4 Å². The van der Waals surface area contributed by atoms with Gasteiger partial charge in [0.05, 0.1) is 0 Å². The van der Waals surface area contributed by atoms with E-state index >= 15 is 0 Å². The van der Waals surface area contributed by atoms with Gasteiger partial charge in [-0.3, -0.25) is 28.8 Å². The quantitative estimate of drug-likeness (QED) is 0.418. The average Bonchev–Trinajstić information content (AvgIpc) is 2.88. The Bertz CT molecular complexity index is 434. The van der Waals surface area contributed by atoms with Gasteiger partial charge in [-0.2, -0.15) is 0 Å². The summed E-state index contributed by atoms with van der Waals surface area (Å²) in [5.41, 5.74) is 0. The molecule has 10 heteroatoms. The van der Waals surface area contributed by atoms with Crippen molar-refractivity contribution in [2.45, 2.75) is 12.8 Å². The summed E-state index contributed by atoms with van der Waals surface area (Å²) in [7, 11) is 0. The first-order valence-corrected chi connectivity index (χ1v) is 5.02. The first kappa shape index (κ1) is 17.2. The molecule has 1 aliphatic carbocycles. The predicted octanol–water partition coefficient (Wildman–Crippen LogP) is -1.52. The third-order valence-corrected chi connectivity index (χ3v) is 2.07. The number of carboxylic acids is 4. The number of ketones is 2. The minimum Gasteiger partial charge on any atom is -0.481 e. The monoisotopic (exact) mass is 290 g/mol. The summed E-state index contributed by atoms with van der Waals surface area (Å²) < 4.78 is 0. The van der Waals surface area contributed by atoms with Crippen molar-refractivity contribution in [2.24, 2.45) is 11.8 Å². The zero-order valence-corrected chi connectivity index (χ0v) is 9.81. The summed E-state index contributed by atoms with van der Waals surface area (Å²) in [6.45, 7) is 0. The first-order valence-electron chi connectivity index (χ1n) is 5.02. The molecule has 0 amide bonds. The molecule has 0 spiro atoms. The number of hydrogen-bond donors (Lipinski definition) is 4. The van der Waals surface area contributed by atoms with Crippen LogP contribution in [0.2, 0.25) is 0 Å². The molecule has 10 nitrogen and oxygen atoms in total. The minimum absolute atomic E-state index is 0.708. The lowest BCUT2D eigenvalue weighted by Crippen LogP contribution is -2.11. The van der Waals surface area contributed by atoms with Crippen LogP contribution in [0.3, 0.4) is 0 Å². The van der Waals surface area contributed by atoms with E-state index in [0.717, 1.165) is 0 Å².